The van der Waals surface area contributed by atoms with Crippen molar-refractivity contribution in [2.75, 3.05) is 13.2 Å². The van der Waals surface area contributed by atoms with Crippen LogP contribution in [0.25, 0.3) is 0 Å². The van der Waals surface area contributed by atoms with Crippen LogP contribution in [0.4, 0.5) is 18.0 Å². The molecule has 0 aliphatic carbocycles. The molecule has 2 amide bonds. The molecule has 0 bridgehead atoms. The molecule has 0 aromatic heterocycles. The van der Waals surface area contributed by atoms with Gasteiger partial charge in [-0.1, -0.05) is 42.5 Å². The minimum Gasteiger partial charge on any atom is -0.450 e. The molecule has 13 heteroatoms. The van der Waals surface area contributed by atoms with Crippen LogP contribution < -0.4 is 10.5 Å². The van der Waals surface area contributed by atoms with Crippen LogP contribution in [0.15, 0.2) is 64.5 Å². The third-order valence-corrected chi connectivity index (χ3v) is 5.89. The summed E-state index contributed by atoms with van der Waals surface area (Å²) in [7, 11) is -3.91. The Bertz CT molecular complexity index is 1200. The number of nitrogens with zero attached hydrogens (tertiary/aromatic N) is 2. The van der Waals surface area contributed by atoms with E-state index in [-0.39, 0.29) is 35.9 Å². The van der Waals surface area contributed by atoms with E-state index in [1.54, 1.807) is 23.5 Å². The Morgan fingerprint density at radius 1 is 1.15 bits per heavy atom. The van der Waals surface area contributed by atoms with Crippen molar-refractivity contribution in [2.45, 2.75) is 30.1 Å². The number of benzene rings is 2. The number of primary sulfonamides is 1. The van der Waals surface area contributed by atoms with Gasteiger partial charge in [-0.3, -0.25) is 15.0 Å². The van der Waals surface area contributed by atoms with Crippen molar-refractivity contribution in [3.05, 3.63) is 65.7 Å². The van der Waals surface area contributed by atoms with Crippen LogP contribution in [0.5, 0.6) is 0 Å². The van der Waals surface area contributed by atoms with Gasteiger partial charge in [0, 0.05) is 12.1 Å². The second-order valence-electron chi connectivity index (χ2n) is 7.25. The number of ether oxygens (including phenoxy) is 1. The summed E-state index contributed by atoms with van der Waals surface area (Å²) in [5.41, 5.74) is -2.78. The highest BCUT2D eigenvalue weighted by molar-refractivity contribution is 7.89. The van der Waals surface area contributed by atoms with Crippen molar-refractivity contribution in [1.29, 1.82) is 0 Å². The fraction of sp³-hybridized carbons (Fsp3) is 0.286. The molecule has 1 atom stereocenters. The number of aliphatic imine (C=N–C) groups is 1. The number of amidine groups is 1. The second-order valence-corrected chi connectivity index (χ2v) is 8.81. The highest BCUT2D eigenvalue weighted by Gasteiger charge is 2.67. The molecule has 0 saturated heterocycles. The molecule has 1 aliphatic rings. The maximum atomic E-state index is 14.2. The number of nitrogens with two attached hydrogens (primary N) is 1. The molecular weight excluding hydrogens is 477 g/mol. The van der Waals surface area contributed by atoms with Crippen LogP contribution in [-0.4, -0.2) is 56.1 Å². The van der Waals surface area contributed by atoms with Crippen LogP contribution in [0.2, 0.25) is 0 Å². The number of carbonyl (C=O) groups is 2. The van der Waals surface area contributed by atoms with E-state index in [1.165, 1.54) is 43.3 Å². The first-order valence-corrected chi connectivity index (χ1v) is 11.5. The normalized spacial score (nSPS) is 18.6. The van der Waals surface area contributed by atoms with Crippen molar-refractivity contribution >= 4 is 27.9 Å². The minimum atomic E-state index is -5.26. The minimum absolute atomic E-state index is 0.0653. The number of sulfonamides is 1. The molecule has 3 N–H and O–H groups in total. The lowest BCUT2D eigenvalue weighted by molar-refractivity contribution is -0.196. The third-order valence-electron chi connectivity index (χ3n) is 4.96. The SMILES string of the molecule is CCOC(=O)NC1(C(F)(F)F)N=C(c2ccccc2)N(CCc2ccc(S(N)(=O)=O)cc2)C1=O. The Morgan fingerprint density at radius 2 is 1.76 bits per heavy atom. The molecule has 1 aliphatic heterocycles. The topological polar surface area (TPSA) is 131 Å². The predicted molar refractivity (Wildman–Crippen MR) is 115 cm³/mol. The van der Waals surface area contributed by atoms with E-state index < -0.39 is 33.9 Å². The smallest absolute Gasteiger partial charge is 0.442 e. The molecule has 0 radical (unpaired) electrons. The number of alkyl carbamates (subject to hydrolysis) is 1. The van der Waals surface area contributed by atoms with Crippen molar-refractivity contribution in [3.63, 3.8) is 0 Å². The summed E-state index contributed by atoms with van der Waals surface area (Å²) in [4.78, 5) is 29.4. The van der Waals surface area contributed by atoms with Crippen LogP contribution in [0.1, 0.15) is 18.1 Å². The van der Waals surface area contributed by atoms with Crippen LogP contribution in [0, 0.1) is 0 Å². The molecule has 9 nitrogen and oxygen atoms in total. The molecule has 1 heterocycles. The Balaban J connectivity index is 1.97. The highest BCUT2D eigenvalue weighted by Crippen LogP contribution is 2.38. The van der Waals surface area contributed by atoms with E-state index in [0.29, 0.717) is 5.56 Å². The number of hydrogen-bond donors (Lipinski definition) is 2. The van der Waals surface area contributed by atoms with Gasteiger partial charge >= 0.3 is 17.9 Å². The number of halogens is 3. The van der Waals surface area contributed by atoms with E-state index in [1.807, 2.05) is 0 Å². The molecule has 3 rings (SSSR count). The van der Waals surface area contributed by atoms with Gasteiger partial charge < -0.3 is 4.74 Å². The molecular formula is C21H21F3N4O5S. The van der Waals surface area contributed by atoms with Gasteiger partial charge in [0.2, 0.25) is 10.0 Å². The zero-order valence-corrected chi connectivity index (χ0v) is 18.7. The summed E-state index contributed by atoms with van der Waals surface area (Å²) in [6.45, 7) is 0.966. The highest BCUT2D eigenvalue weighted by atomic mass is 32.2. The first-order chi connectivity index (χ1) is 15.9. The molecule has 0 fully saturated rings. The summed E-state index contributed by atoms with van der Waals surface area (Å²) in [6, 6.07) is 13.1. The maximum absolute atomic E-state index is 14.2. The van der Waals surface area contributed by atoms with Gasteiger partial charge in [0.15, 0.2) is 0 Å². The number of rotatable bonds is 7. The van der Waals surface area contributed by atoms with E-state index >= 15 is 0 Å². The first kappa shape index (κ1) is 25.2. The lowest BCUT2D eigenvalue weighted by Crippen LogP contribution is -2.63. The first-order valence-electron chi connectivity index (χ1n) is 9.99. The van der Waals surface area contributed by atoms with Crippen LogP contribution >= 0.6 is 0 Å². The lowest BCUT2D eigenvalue weighted by atomic mass is 10.1. The van der Waals surface area contributed by atoms with Crippen molar-refractivity contribution in [1.82, 2.24) is 10.2 Å². The largest absolute Gasteiger partial charge is 0.450 e. The van der Waals surface area contributed by atoms with Gasteiger partial charge in [0.25, 0.3) is 5.91 Å². The molecule has 0 saturated carbocycles. The summed E-state index contributed by atoms with van der Waals surface area (Å²) < 4.78 is 69.9. The average Bonchev–Trinajstić information content (AvgIpc) is 3.05. The van der Waals surface area contributed by atoms with Gasteiger partial charge in [-0.05, 0) is 31.0 Å². The summed E-state index contributed by atoms with van der Waals surface area (Å²) in [5, 5.41) is 6.65. The molecule has 0 spiro atoms. The number of carbonyl (C=O) groups excluding carboxylic acids is 2. The number of amides is 2. The zero-order chi connectivity index (χ0) is 25.1. The third kappa shape index (κ3) is 5.04. The number of hydrogen-bond acceptors (Lipinski definition) is 6. The van der Waals surface area contributed by atoms with Crippen molar-refractivity contribution in [3.8, 4) is 0 Å². The standard InChI is InChI=1S/C21H21F3N4O5S/c1-2-33-19(30)27-20(21(22,23)24)18(29)28(17(26-20)15-6-4-3-5-7-15)13-12-14-8-10-16(11-9-14)34(25,31)32/h3-11H,2,12-13H2,1H3,(H,27,30)(H2,25,31,32). The molecule has 2 aromatic carbocycles. The molecule has 182 valence electrons. The zero-order valence-electron chi connectivity index (χ0n) is 17.9. The van der Waals surface area contributed by atoms with Crippen molar-refractivity contribution < 1.29 is 35.9 Å². The molecule has 2 aromatic rings. The van der Waals surface area contributed by atoms with Gasteiger partial charge in [-0.25, -0.2) is 23.3 Å². The summed E-state index contributed by atoms with van der Waals surface area (Å²) >= 11 is 0. The van der Waals surface area contributed by atoms with Crippen molar-refractivity contribution in [2.24, 2.45) is 10.1 Å². The summed E-state index contributed by atoms with van der Waals surface area (Å²) in [6.07, 6.45) is -6.64. The lowest BCUT2D eigenvalue weighted by Gasteiger charge is -2.28. The van der Waals surface area contributed by atoms with E-state index in [2.05, 4.69) is 9.73 Å². The Morgan fingerprint density at radius 3 is 2.29 bits per heavy atom. The van der Waals surface area contributed by atoms with E-state index in [9.17, 15) is 31.2 Å². The van der Waals surface area contributed by atoms with Crippen LogP contribution in [-0.2, 0) is 26.0 Å². The van der Waals surface area contributed by atoms with E-state index in [4.69, 9.17) is 5.14 Å². The van der Waals surface area contributed by atoms with Crippen LogP contribution in [0.3, 0.4) is 0 Å². The Kier molecular flexibility index (Phi) is 6.98. The Hall–Kier alpha value is -3.45. The Labute approximate surface area is 193 Å². The molecule has 34 heavy (non-hydrogen) atoms. The fourth-order valence-corrected chi connectivity index (χ4v) is 3.83. The summed E-state index contributed by atoms with van der Waals surface area (Å²) in [5.74, 6) is -1.77. The predicted octanol–water partition coefficient (Wildman–Crippen LogP) is 2.17. The second kappa shape index (κ2) is 9.43. The quantitative estimate of drug-likeness (QED) is 0.604. The van der Waals surface area contributed by atoms with Gasteiger partial charge in [-0.2, -0.15) is 13.2 Å². The average molecular weight is 498 g/mol. The number of alkyl halides is 3. The van der Waals surface area contributed by atoms with Gasteiger partial charge in [0.1, 0.15) is 5.84 Å². The fourth-order valence-electron chi connectivity index (χ4n) is 3.31. The van der Waals surface area contributed by atoms with E-state index in [0.717, 1.165) is 4.90 Å². The number of nitrogens with one attached hydrogen (secondary N) is 1. The monoisotopic (exact) mass is 498 g/mol. The van der Waals surface area contributed by atoms with Gasteiger partial charge in [0.05, 0.1) is 11.5 Å². The van der Waals surface area contributed by atoms with Gasteiger partial charge in [-0.15, -0.1) is 0 Å². The maximum Gasteiger partial charge on any atom is 0.442 e. The molecule has 1 unspecified atom stereocenters.